The van der Waals surface area contributed by atoms with Crippen molar-refractivity contribution in [3.8, 4) is 22.9 Å². The van der Waals surface area contributed by atoms with Crippen LogP contribution in [0.1, 0.15) is 10.4 Å². The van der Waals surface area contributed by atoms with Crippen LogP contribution in [0.15, 0.2) is 83.3 Å². The summed E-state index contributed by atoms with van der Waals surface area (Å²) in [5, 5.41) is 21.6. The fourth-order valence-electron chi connectivity index (χ4n) is 2.67. The number of carbonyl (C=O) groups excluding carboxylic acids is 1. The first-order valence-electron chi connectivity index (χ1n) is 8.65. The predicted octanol–water partition coefficient (Wildman–Crippen LogP) is 4.56. The summed E-state index contributed by atoms with van der Waals surface area (Å²) in [5.41, 5.74) is 2.37. The second-order valence-corrected chi connectivity index (χ2v) is 6.11. The molecule has 0 saturated carbocycles. The molecule has 1 heterocycles. The number of benzene rings is 3. The molecule has 0 aliphatic heterocycles. The Morgan fingerprint density at radius 1 is 0.828 bits per heavy atom. The molecule has 3 aromatic carbocycles. The van der Waals surface area contributed by atoms with E-state index in [0.717, 1.165) is 5.56 Å². The van der Waals surface area contributed by atoms with Gasteiger partial charge in [0.1, 0.15) is 0 Å². The lowest BCUT2D eigenvalue weighted by atomic mass is 10.1. The first-order valence-corrected chi connectivity index (χ1v) is 8.65. The van der Waals surface area contributed by atoms with E-state index in [1.54, 1.807) is 24.3 Å². The number of rotatable bonds is 5. The normalized spacial score (nSPS) is 10.5. The highest BCUT2D eigenvalue weighted by Gasteiger charge is 2.12. The third-order valence-electron chi connectivity index (χ3n) is 4.18. The summed E-state index contributed by atoms with van der Waals surface area (Å²) in [5.74, 6) is 0.435. The fourth-order valence-corrected chi connectivity index (χ4v) is 2.67. The molecule has 8 nitrogen and oxygen atoms in total. The fraction of sp³-hybridized carbons (Fsp3) is 0. The number of nitrogens with one attached hydrogen (secondary N) is 1. The zero-order valence-corrected chi connectivity index (χ0v) is 15.0. The summed E-state index contributed by atoms with van der Waals surface area (Å²) in [4.78, 5) is 22.5. The molecule has 8 heteroatoms. The second kappa shape index (κ2) is 7.73. The number of hydrogen-bond donors (Lipinski definition) is 1. The molecule has 0 bridgehead atoms. The Hall–Kier alpha value is -4.33. The first kappa shape index (κ1) is 18.1. The summed E-state index contributed by atoms with van der Waals surface area (Å²) in [6.07, 6.45) is 0. The molecule has 0 atom stereocenters. The lowest BCUT2D eigenvalue weighted by molar-refractivity contribution is -0.384. The van der Waals surface area contributed by atoms with Crippen LogP contribution < -0.4 is 5.32 Å². The van der Waals surface area contributed by atoms with Crippen LogP contribution in [0.5, 0.6) is 0 Å². The van der Waals surface area contributed by atoms with Crippen LogP contribution in [-0.4, -0.2) is 21.0 Å². The molecule has 29 heavy (non-hydrogen) atoms. The Labute approximate surface area is 165 Å². The van der Waals surface area contributed by atoms with E-state index >= 15 is 0 Å². The number of carbonyl (C=O) groups is 1. The molecule has 4 aromatic rings. The highest BCUT2D eigenvalue weighted by molar-refractivity contribution is 6.04. The molecule has 0 fully saturated rings. The molecule has 0 spiro atoms. The molecule has 0 aliphatic carbocycles. The Morgan fingerprint density at radius 2 is 1.41 bits per heavy atom. The minimum absolute atomic E-state index is 0.0691. The van der Waals surface area contributed by atoms with Crippen molar-refractivity contribution in [3.05, 3.63) is 94.5 Å². The quantitative estimate of drug-likeness (QED) is 0.397. The molecular formula is C21H14N4O4. The van der Waals surface area contributed by atoms with E-state index in [4.69, 9.17) is 4.42 Å². The molecular weight excluding hydrogens is 372 g/mol. The maximum Gasteiger partial charge on any atom is 0.269 e. The van der Waals surface area contributed by atoms with E-state index in [1.807, 2.05) is 30.3 Å². The van der Waals surface area contributed by atoms with Crippen LogP contribution in [0.3, 0.4) is 0 Å². The lowest BCUT2D eigenvalue weighted by Crippen LogP contribution is -2.11. The molecule has 1 amide bonds. The summed E-state index contributed by atoms with van der Waals surface area (Å²) in [7, 11) is 0. The average molecular weight is 386 g/mol. The van der Waals surface area contributed by atoms with Crippen molar-refractivity contribution in [3.63, 3.8) is 0 Å². The standard InChI is InChI=1S/C21H14N4O4/c26-19(14-8-12-18(13-9-14)25(27)28)22-17-10-6-16(7-11-17)21-24-23-20(29-21)15-4-2-1-3-5-15/h1-13H,(H,22,26). The van der Waals surface area contributed by atoms with Gasteiger partial charge < -0.3 is 9.73 Å². The van der Waals surface area contributed by atoms with Gasteiger partial charge in [0.25, 0.3) is 11.6 Å². The average Bonchev–Trinajstić information content (AvgIpc) is 3.25. The van der Waals surface area contributed by atoms with Crippen molar-refractivity contribution >= 4 is 17.3 Å². The van der Waals surface area contributed by atoms with Crippen molar-refractivity contribution < 1.29 is 14.1 Å². The van der Waals surface area contributed by atoms with Crippen molar-refractivity contribution in [2.45, 2.75) is 0 Å². The van der Waals surface area contributed by atoms with Gasteiger partial charge in [-0.15, -0.1) is 10.2 Å². The van der Waals surface area contributed by atoms with E-state index in [0.29, 0.717) is 28.6 Å². The lowest BCUT2D eigenvalue weighted by Gasteiger charge is -2.05. The number of non-ortho nitro benzene ring substituents is 1. The van der Waals surface area contributed by atoms with E-state index < -0.39 is 4.92 Å². The third-order valence-corrected chi connectivity index (χ3v) is 4.18. The maximum atomic E-state index is 12.3. The van der Waals surface area contributed by atoms with E-state index in [-0.39, 0.29) is 11.6 Å². The van der Waals surface area contributed by atoms with Crippen molar-refractivity contribution in [1.29, 1.82) is 0 Å². The third kappa shape index (κ3) is 4.01. The van der Waals surface area contributed by atoms with E-state index in [9.17, 15) is 14.9 Å². The number of amides is 1. The van der Waals surface area contributed by atoms with Crippen LogP contribution in [0, 0.1) is 10.1 Å². The van der Waals surface area contributed by atoms with Crippen LogP contribution in [0.2, 0.25) is 0 Å². The van der Waals surface area contributed by atoms with Gasteiger partial charge >= 0.3 is 0 Å². The highest BCUT2D eigenvalue weighted by Crippen LogP contribution is 2.25. The van der Waals surface area contributed by atoms with Crippen LogP contribution in [0.25, 0.3) is 22.9 Å². The zero-order chi connectivity index (χ0) is 20.2. The Bertz CT molecular complexity index is 1150. The van der Waals surface area contributed by atoms with E-state index in [1.165, 1.54) is 24.3 Å². The van der Waals surface area contributed by atoms with Gasteiger partial charge in [-0.3, -0.25) is 14.9 Å². The van der Waals surface area contributed by atoms with Crippen molar-refractivity contribution in [2.75, 3.05) is 5.32 Å². The van der Waals surface area contributed by atoms with Crippen LogP contribution >= 0.6 is 0 Å². The molecule has 0 unspecified atom stereocenters. The minimum atomic E-state index is -0.513. The molecule has 1 aromatic heterocycles. The summed E-state index contributed by atoms with van der Waals surface area (Å²) in [6, 6.07) is 21.8. The summed E-state index contributed by atoms with van der Waals surface area (Å²) in [6.45, 7) is 0. The monoisotopic (exact) mass is 386 g/mol. The number of aromatic nitrogens is 2. The predicted molar refractivity (Wildman–Crippen MR) is 106 cm³/mol. The van der Waals surface area contributed by atoms with Gasteiger partial charge in [0.2, 0.25) is 11.8 Å². The smallest absolute Gasteiger partial charge is 0.269 e. The molecule has 4 rings (SSSR count). The zero-order valence-electron chi connectivity index (χ0n) is 15.0. The molecule has 0 saturated heterocycles. The number of nitro benzene ring substituents is 1. The SMILES string of the molecule is O=C(Nc1ccc(-c2nnc(-c3ccccc3)o2)cc1)c1ccc([N+](=O)[O-])cc1. The van der Waals surface area contributed by atoms with Gasteiger partial charge in [-0.25, -0.2) is 0 Å². The summed E-state index contributed by atoms with van der Waals surface area (Å²) < 4.78 is 5.71. The summed E-state index contributed by atoms with van der Waals surface area (Å²) >= 11 is 0. The van der Waals surface area contributed by atoms with Gasteiger partial charge in [-0.2, -0.15) is 0 Å². The second-order valence-electron chi connectivity index (χ2n) is 6.11. The molecule has 1 N–H and O–H groups in total. The van der Waals surface area contributed by atoms with Gasteiger partial charge in [0, 0.05) is 34.5 Å². The van der Waals surface area contributed by atoms with E-state index in [2.05, 4.69) is 15.5 Å². The van der Waals surface area contributed by atoms with Crippen molar-refractivity contribution in [2.24, 2.45) is 0 Å². The van der Waals surface area contributed by atoms with Crippen LogP contribution in [-0.2, 0) is 0 Å². The Kier molecular flexibility index (Phi) is 4.81. The molecule has 0 radical (unpaired) electrons. The van der Waals surface area contributed by atoms with Crippen molar-refractivity contribution in [1.82, 2.24) is 10.2 Å². The van der Waals surface area contributed by atoms with Gasteiger partial charge in [0.15, 0.2) is 0 Å². The highest BCUT2D eigenvalue weighted by atomic mass is 16.6. The topological polar surface area (TPSA) is 111 Å². The molecule has 0 aliphatic rings. The number of nitro groups is 1. The van der Waals surface area contributed by atoms with Gasteiger partial charge in [-0.05, 0) is 48.5 Å². The number of anilines is 1. The van der Waals surface area contributed by atoms with Crippen LogP contribution in [0.4, 0.5) is 11.4 Å². The molecule has 142 valence electrons. The largest absolute Gasteiger partial charge is 0.416 e. The number of nitrogens with zero attached hydrogens (tertiary/aromatic N) is 3. The maximum absolute atomic E-state index is 12.3. The Morgan fingerprint density at radius 3 is 2.00 bits per heavy atom. The Balaban J connectivity index is 1.46. The minimum Gasteiger partial charge on any atom is -0.416 e. The number of hydrogen-bond acceptors (Lipinski definition) is 6. The first-order chi connectivity index (χ1) is 14.1. The van der Waals surface area contributed by atoms with Gasteiger partial charge in [-0.1, -0.05) is 18.2 Å². The van der Waals surface area contributed by atoms with Gasteiger partial charge in [0.05, 0.1) is 4.92 Å².